The maximum absolute atomic E-state index is 11.9. The summed E-state index contributed by atoms with van der Waals surface area (Å²) in [5.74, 6) is 0. The van der Waals surface area contributed by atoms with Crippen LogP contribution in [0.3, 0.4) is 0 Å². The van der Waals surface area contributed by atoms with Crippen molar-refractivity contribution in [3.63, 3.8) is 0 Å². The van der Waals surface area contributed by atoms with Gasteiger partial charge in [-0.1, -0.05) is 11.6 Å². The molecule has 5 heteroatoms. The van der Waals surface area contributed by atoms with Gasteiger partial charge in [-0.25, -0.2) is 14.3 Å². The number of aromatic nitrogens is 2. The Labute approximate surface area is 104 Å². The number of hydrogen-bond donors (Lipinski definition) is 0. The van der Waals surface area contributed by atoms with Gasteiger partial charge in [0.1, 0.15) is 11.2 Å². The van der Waals surface area contributed by atoms with E-state index in [2.05, 4.69) is 4.98 Å². The molecule has 0 saturated heterocycles. The van der Waals surface area contributed by atoms with E-state index in [9.17, 15) is 4.79 Å². The molecule has 90 valence electrons. The fraction of sp³-hybridized carbons (Fsp3) is 0.333. The number of carbonyl (C=O) groups excluding carboxylic acids is 1. The summed E-state index contributed by atoms with van der Waals surface area (Å²) in [6.07, 6.45) is 2.69. The number of pyridine rings is 1. The molecule has 0 aliphatic rings. The Morgan fingerprint density at radius 1 is 1.47 bits per heavy atom. The monoisotopic (exact) mass is 252 g/mol. The molecule has 0 amide bonds. The van der Waals surface area contributed by atoms with E-state index < -0.39 is 11.7 Å². The number of hydrogen-bond acceptors (Lipinski definition) is 3. The molecule has 0 aromatic carbocycles. The molecule has 0 atom stereocenters. The molecule has 2 aromatic rings. The van der Waals surface area contributed by atoms with Crippen molar-refractivity contribution in [2.75, 3.05) is 0 Å². The van der Waals surface area contributed by atoms with Crippen LogP contribution in [0.2, 0.25) is 5.02 Å². The van der Waals surface area contributed by atoms with Crippen LogP contribution in [-0.2, 0) is 4.74 Å². The summed E-state index contributed by atoms with van der Waals surface area (Å²) in [6, 6.07) is 3.53. The van der Waals surface area contributed by atoms with E-state index in [0.29, 0.717) is 10.7 Å². The molecule has 0 radical (unpaired) electrons. The highest BCUT2D eigenvalue weighted by Gasteiger charge is 2.19. The van der Waals surface area contributed by atoms with Crippen molar-refractivity contribution < 1.29 is 9.53 Å². The topological polar surface area (TPSA) is 44.1 Å². The van der Waals surface area contributed by atoms with Crippen LogP contribution in [0.15, 0.2) is 24.5 Å². The van der Waals surface area contributed by atoms with E-state index in [1.165, 1.54) is 10.8 Å². The molecular formula is C12H13ClN2O2. The summed E-state index contributed by atoms with van der Waals surface area (Å²) < 4.78 is 6.64. The van der Waals surface area contributed by atoms with E-state index in [0.717, 1.165) is 5.39 Å². The lowest BCUT2D eigenvalue weighted by Crippen LogP contribution is -2.26. The van der Waals surface area contributed by atoms with Crippen LogP contribution in [0.5, 0.6) is 0 Å². The quantitative estimate of drug-likeness (QED) is 0.721. The molecule has 0 bridgehead atoms. The van der Waals surface area contributed by atoms with Crippen molar-refractivity contribution in [1.82, 2.24) is 9.55 Å². The zero-order chi connectivity index (χ0) is 12.6. The fourth-order valence-electron chi connectivity index (χ4n) is 1.46. The summed E-state index contributed by atoms with van der Waals surface area (Å²) in [5.41, 5.74) is 0.0174. The molecule has 4 nitrogen and oxygen atoms in total. The van der Waals surface area contributed by atoms with Gasteiger partial charge in [-0.05, 0) is 32.9 Å². The molecule has 17 heavy (non-hydrogen) atoms. The van der Waals surface area contributed by atoms with Gasteiger partial charge in [0.15, 0.2) is 0 Å². The van der Waals surface area contributed by atoms with Crippen LogP contribution in [0.1, 0.15) is 20.8 Å². The second kappa shape index (κ2) is 4.04. The first-order valence-electron chi connectivity index (χ1n) is 5.23. The molecule has 0 N–H and O–H groups in total. The van der Waals surface area contributed by atoms with Crippen LogP contribution >= 0.6 is 11.6 Å². The lowest BCUT2D eigenvalue weighted by atomic mass is 10.2. The Balaban J connectivity index is 2.40. The first-order chi connectivity index (χ1) is 7.87. The Morgan fingerprint density at radius 3 is 2.82 bits per heavy atom. The maximum Gasteiger partial charge on any atom is 0.420 e. The van der Waals surface area contributed by atoms with Crippen molar-refractivity contribution in [2.45, 2.75) is 26.4 Å². The molecular weight excluding hydrogens is 240 g/mol. The number of halogens is 1. The van der Waals surface area contributed by atoms with Crippen LogP contribution in [0, 0.1) is 0 Å². The van der Waals surface area contributed by atoms with E-state index in [-0.39, 0.29) is 0 Å². The minimum Gasteiger partial charge on any atom is -0.443 e. The SMILES string of the molecule is CC(C)(C)OC(=O)n1ccc2cc(Cl)cnc21. The van der Waals surface area contributed by atoms with E-state index >= 15 is 0 Å². The van der Waals surface area contributed by atoms with Gasteiger partial charge >= 0.3 is 6.09 Å². The van der Waals surface area contributed by atoms with Gasteiger partial charge in [0.05, 0.1) is 5.02 Å². The van der Waals surface area contributed by atoms with Crippen LogP contribution in [-0.4, -0.2) is 21.2 Å². The van der Waals surface area contributed by atoms with E-state index in [1.807, 2.05) is 20.8 Å². The fourth-order valence-corrected chi connectivity index (χ4v) is 1.62. The zero-order valence-corrected chi connectivity index (χ0v) is 10.7. The van der Waals surface area contributed by atoms with Gasteiger partial charge in [0, 0.05) is 17.8 Å². The number of ether oxygens (including phenoxy) is 1. The second-order valence-corrected chi connectivity index (χ2v) is 5.17. The third kappa shape index (κ3) is 2.58. The largest absolute Gasteiger partial charge is 0.443 e. The highest BCUT2D eigenvalue weighted by atomic mass is 35.5. The Bertz CT molecular complexity index is 569. The van der Waals surface area contributed by atoms with Crippen molar-refractivity contribution in [3.05, 3.63) is 29.5 Å². The van der Waals surface area contributed by atoms with Gasteiger partial charge in [-0.3, -0.25) is 0 Å². The number of carbonyl (C=O) groups is 1. The molecule has 0 spiro atoms. The molecule has 2 rings (SSSR count). The van der Waals surface area contributed by atoms with Crippen molar-refractivity contribution in [2.24, 2.45) is 0 Å². The average Bonchev–Trinajstić information content (AvgIpc) is 2.57. The normalized spacial score (nSPS) is 11.8. The Hall–Kier alpha value is -1.55. The smallest absolute Gasteiger partial charge is 0.420 e. The number of fused-ring (bicyclic) bond motifs is 1. The first-order valence-corrected chi connectivity index (χ1v) is 5.60. The van der Waals surface area contributed by atoms with Crippen molar-refractivity contribution in [1.29, 1.82) is 0 Å². The molecule has 0 aliphatic heterocycles. The molecule has 0 fully saturated rings. The maximum atomic E-state index is 11.9. The third-order valence-electron chi connectivity index (χ3n) is 2.08. The Morgan fingerprint density at radius 2 is 2.18 bits per heavy atom. The predicted octanol–water partition coefficient (Wildman–Crippen LogP) is 3.47. The summed E-state index contributed by atoms with van der Waals surface area (Å²) in [5, 5.41) is 1.35. The van der Waals surface area contributed by atoms with Gasteiger partial charge < -0.3 is 4.74 Å². The molecule has 0 aliphatic carbocycles. The summed E-state index contributed by atoms with van der Waals surface area (Å²) in [4.78, 5) is 16.0. The van der Waals surface area contributed by atoms with Gasteiger partial charge in [0.2, 0.25) is 0 Å². The average molecular weight is 253 g/mol. The standard InChI is InChI=1S/C12H13ClN2O2/c1-12(2,3)17-11(16)15-5-4-8-6-9(13)7-14-10(8)15/h4-7H,1-3H3. The van der Waals surface area contributed by atoms with E-state index in [1.54, 1.807) is 18.3 Å². The summed E-state index contributed by atoms with van der Waals surface area (Å²) >= 11 is 5.83. The van der Waals surface area contributed by atoms with Crippen molar-refractivity contribution in [3.8, 4) is 0 Å². The summed E-state index contributed by atoms with van der Waals surface area (Å²) in [6.45, 7) is 5.46. The highest BCUT2D eigenvalue weighted by Crippen LogP contribution is 2.19. The molecule has 0 saturated carbocycles. The molecule has 0 unspecified atom stereocenters. The minimum atomic E-state index is -0.528. The van der Waals surface area contributed by atoms with Gasteiger partial charge in [-0.15, -0.1) is 0 Å². The minimum absolute atomic E-state index is 0.442. The highest BCUT2D eigenvalue weighted by molar-refractivity contribution is 6.31. The lowest BCUT2D eigenvalue weighted by Gasteiger charge is -2.19. The first kappa shape index (κ1) is 11.9. The van der Waals surface area contributed by atoms with Crippen LogP contribution < -0.4 is 0 Å². The van der Waals surface area contributed by atoms with Crippen LogP contribution in [0.25, 0.3) is 11.0 Å². The number of rotatable bonds is 0. The lowest BCUT2D eigenvalue weighted by molar-refractivity contribution is 0.0543. The zero-order valence-electron chi connectivity index (χ0n) is 9.90. The van der Waals surface area contributed by atoms with Crippen molar-refractivity contribution >= 4 is 28.7 Å². The molecule has 2 heterocycles. The molecule has 2 aromatic heterocycles. The van der Waals surface area contributed by atoms with Gasteiger partial charge in [-0.2, -0.15) is 0 Å². The van der Waals surface area contributed by atoms with Gasteiger partial charge in [0.25, 0.3) is 0 Å². The summed E-state index contributed by atoms with van der Waals surface area (Å²) in [7, 11) is 0. The second-order valence-electron chi connectivity index (χ2n) is 4.73. The number of nitrogens with zero attached hydrogens (tertiary/aromatic N) is 2. The van der Waals surface area contributed by atoms with Crippen LogP contribution in [0.4, 0.5) is 4.79 Å². The van der Waals surface area contributed by atoms with E-state index in [4.69, 9.17) is 16.3 Å². The third-order valence-corrected chi connectivity index (χ3v) is 2.29. The Kier molecular flexibility index (Phi) is 2.83. The predicted molar refractivity (Wildman–Crippen MR) is 66.4 cm³/mol.